The van der Waals surface area contributed by atoms with E-state index in [0.29, 0.717) is 17.2 Å². The fraction of sp³-hybridized carbons (Fsp3) is 0.333. The van der Waals surface area contributed by atoms with Crippen molar-refractivity contribution in [2.45, 2.75) is 53.0 Å². The highest BCUT2D eigenvalue weighted by molar-refractivity contribution is 5.97. The summed E-state index contributed by atoms with van der Waals surface area (Å²) in [5.74, 6) is 0.153. The zero-order valence-electron chi connectivity index (χ0n) is 17.6. The highest BCUT2D eigenvalue weighted by Gasteiger charge is 2.14. The van der Waals surface area contributed by atoms with Crippen molar-refractivity contribution in [1.82, 2.24) is 5.32 Å². The summed E-state index contributed by atoms with van der Waals surface area (Å²) in [5.41, 5.74) is 5.34. The number of fused-ring (bicyclic) bond motifs is 1. The normalized spacial score (nSPS) is 11.3. The third kappa shape index (κ3) is 4.86. The molecule has 2 N–H and O–H groups in total. The van der Waals surface area contributed by atoms with Gasteiger partial charge in [-0.2, -0.15) is 0 Å². The van der Waals surface area contributed by atoms with Crippen LogP contribution in [-0.2, 0) is 11.2 Å². The van der Waals surface area contributed by atoms with Crippen molar-refractivity contribution in [3.8, 4) is 0 Å². The van der Waals surface area contributed by atoms with E-state index in [1.807, 2.05) is 19.9 Å². The van der Waals surface area contributed by atoms with Crippen LogP contribution in [0.2, 0.25) is 0 Å². The Bertz CT molecular complexity index is 1030. The quantitative estimate of drug-likeness (QED) is 0.607. The molecule has 0 fully saturated rings. The maximum Gasteiger partial charge on any atom is 0.251 e. The van der Waals surface area contributed by atoms with Gasteiger partial charge in [-0.1, -0.05) is 13.8 Å². The number of nitrogens with one attached hydrogen (secondary N) is 2. The van der Waals surface area contributed by atoms with E-state index in [4.69, 9.17) is 4.42 Å². The van der Waals surface area contributed by atoms with E-state index < -0.39 is 0 Å². The topological polar surface area (TPSA) is 71.3 Å². The Morgan fingerprint density at radius 3 is 2.34 bits per heavy atom. The van der Waals surface area contributed by atoms with Crippen LogP contribution >= 0.6 is 0 Å². The van der Waals surface area contributed by atoms with Crippen molar-refractivity contribution in [2.75, 3.05) is 5.32 Å². The zero-order chi connectivity index (χ0) is 21.1. The summed E-state index contributed by atoms with van der Waals surface area (Å²) in [7, 11) is 0. The smallest absolute Gasteiger partial charge is 0.251 e. The molecule has 0 saturated carbocycles. The van der Waals surface area contributed by atoms with E-state index in [9.17, 15) is 9.59 Å². The molecule has 0 atom stereocenters. The lowest BCUT2D eigenvalue weighted by Crippen LogP contribution is -2.30. The number of hydrogen-bond donors (Lipinski definition) is 2. The minimum absolute atomic E-state index is 0.0756. The lowest BCUT2D eigenvalue weighted by atomic mass is 9.95. The van der Waals surface area contributed by atoms with Crippen molar-refractivity contribution < 1.29 is 14.0 Å². The van der Waals surface area contributed by atoms with Gasteiger partial charge >= 0.3 is 0 Å². The van der Waals surface area contributed by atoms with Gasteiger partial charge in [0.25, 0.3) is 5.91 Å². The van der Waals surface area contributed by atoms with Gasteiger partial charge in [0.2, 0.25) is 5.91 Å². The molecule has 0 unspecified atom stereocenters. The van der Waals surface area contributed by atoms with Gasteiger partial charge in [-0.15, -0.1) is 0 Å². The molecular weight excluding hydrogens is 364 g/mol. The second-order valence-electron chi connectivity index (χ2n) is 8.05. The summed E-state index contributed by atoms with van der Waals surface area (Å²) < 4.78 is 5.66. The van der Waals surface area contributed by atoms with Gasteiger partial charge in [0, 0.05) is 28.2 Å². The second kappa shape index (κ2) is 8.52. The van der Waals surface area contributed by atoms with Gasteiger partial charge in [-0.05, 0) is 74.2 Å². The lowest BCUT2D eigenvalue weighted by Gasteiger charge is -2.10. The minimum atomic E-state index is -0.126. The van der Waals surface area contributed by atoms with E-state index in [-0.39, 0.29) is 24.3 Å². The van der Waals surface area contributed by atoms with Gasteiger partial charge in [-0.25, -0.2) is 0 Å². The average molecular weight is 392 g/mol. The van der Waals surface area contributed by atoms with Crippen LogP contribution in [-0.4, -0.2) is 17.9 Å². The SMILES string of the molecule is Cc1cc2occ(CC(=O)Nc3ccc(C(=O)NC(C)C)cc3)c2cc1C(C)C. The number of aryl methyl sites for hydroxylation is 1. The highest BCUT2D eigenvalue weighted by atomic mass is 16.3. The molecule has 3 aromatic rings. The number of amides is 2. The number of carbonyl (C=O) groups is 2. The molecule has 0 radical (unpaired) electrons. The summed E-state index contributed by atoms with van der Waals surface area (Å²) in [5, 5.41) is 6.72. The Morgan fingerprint density at radius 1 is 1.03 bits per heavy atom. The molecule has 0 aliphatic heterocycles. The Labute approximate surface area is 171 Å². The van der Waals surface area contributed by atoms with E-state index in [0.717, 1.165) is 16.5 Å². The Morgan fingerprint density at radius 2 is 1.72 bits per heavy atom. The molecule has 5 nitrogen and oxygen atoms in total. The third-order valence-corrected chi connectivity index (χ3v) is 4.87. The second-order valence-corrected chi connectivity index (χ2v) is 8.05. The first kappa shape index (κ1) is 20.6. The van der Waals surface area contributed by atoms with Gasteiger partial charge in [0.05, 0.1) is 12.7 Å². The largest absolute Gasteiger partial charge is 0.464 e. The summed E-state index contributed by atoms with van der Waals surface area (Å²) in [4.78, 5) is 24.6. The maximum absolute atomic E-state index is 12.5. The van der Waals surface area contributed by atoms with E-state index in [2.05, 4.69) is 37.5 Å². The van der Waals surface area contributed by atoms with Crippen LogP contribution < -0.4 is 10.6 Å². The van der Waals surface area contributed by atoms with Crippen molar-refractivity contribution in [3.05, 3.63) is 64.9 Å². The van der Waals surface area contributed by atoms with E-state index >= 15 is 0 Å². The summed E-state index contributed by atoms with van der Waals surface area (Å²) in [6.45, 7) is 10.2. The van der Waals surface area contributed by atoms with Crippen molar-refractivity contribution >= 4 is 28.5 Å². The van der Waals surface area contributed by atoms with Crippen LogP contribution in [0.25, 0.3) is 11.0 Å². The molecule has 1 heterocycles. The van der Waals surface area contributed by atoms with Gasteiger partial charge < -0.3 is 15.1 Å². The molecule has 0 spiro atoms. The highest BCUT2D eigenvalue weighted by Crippen LogP contribution is 2.29. The molecule has 1 aromatic heterocycles. The summed E-state index contributed by atoms with van der Waals surface area (Å²) >= 11 is 0. The number of carbonyl (C=O) groups excluding carboxylic acids is 2. The molecule has 2 amide bonds. The predicted molar refractivity (Wildman–Crippen MR) is 116 cm³/mol. The fourth-order valence-corrected chi connectivity index (χ4v) is 3.43. The number of hydrogen-bond acceptors (Lipinski definition) is 3. The summed E-state index contributed by atoms with van der Waals surface area (Å²) in [6.07, 6.45) is 1.89. The van der Waals surface area contributed by atoms with E-state index in [1.54, 1.807) is 30.5 Å². The zero-order valence-corrected chi connectivity index (χ0v) is 17.6. The van der Waals surface area contributed by atoms with E-state index in [1.165, 1.54) is 11.1 Å². The first-order valence-corrected chi connectivity index (χ1v) is 9.96. The monoisotopic (exact) mass is 392 g/mol. The standard InChI is InChI=1S/C24H28N2O3/c1-14(2)20-12-21-18(13-29-22(21)10-16(20)5)11-23(27)26-19-8-6-17(7-9-19)24(28)25-15(3)4/h6-10,12-15H,11H2,1-5H3,(H,25,28)(H,26,27). The molecule has 3 rings (SSSR count). The number of benzene rings is 2. The number of furan rings is 1. The van der Waals surface area contributed by atoms with Gasteiger partial charge in [-0.3, -0.25) is 9.59 Å². The van der Waals surface area contributed by atoms with Crippen LogP contribution in [0.4, 0.5) is 5.69 Å². The molecule has 2 aromatic carbocycles. The van der Waals surface area contributed by atoms with Crippen LogP contribution in [0.3, 0.4) is 0 Å². The van der Waals surface area contributed by atoms with Crippen LogP contribution in [0.1, 0.15) is 60.7 Å². The molecule has 0 bridgehead atoms. The number of rotatable bonds is 6. The predicted octanol–water partition coefficient (Wildman–Crippen LogP) is 5.18. The Hall–Kier alpha value is -3.08. The molecule has 29 heavy (non-hydrogen) atoms. The average Bonchev–Trinajstić information content (AvgIpc) is 3.02. The summed E-state index contributed by atoms with van der Waals surface area (Å²) in [6, 6.07) is 11.1. The van der Waals surface area contributed by atoms with Crippen LogP contribution in [0.5, 0.6) is 0 Å². The minimum Gasteiger partial charge on any atom is -0.464 e. The van der Waals surface area contributed by atoms with Gasteiger partial charge in [0.15, 0.2) is 0 Å². The maximum atomic E-state index is 12.5. The lowest BCUT2D eigenvalue weighted by molar-refractivity contribution is -0.115. The Kier molecular flexibility index (Phi) is 6.06. The van der Waals surface area contributed by atoms with Crippen molar-refractivity contribution in [1.29, 1.82) is 0 Å². The molecule has 0 aliphatic carbocycles. The van der Waals surface area contributed by atoms with Crippen molar-refractivity contribution in [3.63, 3.8) is 0 Å². The molecule has 5 heteroatoms. The molecule has 0 saturated heterocycles. The molecule has 0 aliphatic rings. The number of anilines is 1. The third-order valence-electron chi connectivity index (χ3n) is 4.87. The first-order chi connectivity index (χ1) is 13.7. The molecular formula is C24H28N2O3. The first-order valence-electron chi connectivity index (χ1n) is 9.96. The van der Waals surface area contributed by atoms with Crippen molar-refractivity contribution in [2.24, 2.45) is 0 Å². The Balaban J connectivity index is 1.71. The van der Waals surface area contributed by atoms with Crippen LogP contribution in [0.15, 0.2) is 47.1 Å². The fourth-order valence-electron chi connectivity index (χ4n) is 3.43. The molecule has 152 valence electrons. The van der Waals surface area contributed by atoms with Crippen LogP contribution in [0, 0.1) is 6.92 Å². The van der Waals surface area contributed by atoms with Gasteiger partial charge in [0.1, 0.15) is 5.58 Å².